The van der Waals surface area contributed by atoms with Crippen LogP contribution in [0.5, 0.6) is 0 Å². The molecule has 1 aromatic carbocycles. The number of methoxy groups -OCH3 is 1. The Labute approximate surface area is 115 Å². The van der Waals surface area contributed by atoms with Crippen LogP contribution >= 0.6 is 23.2 Å². The Hall–Kier alpha value is -1.26. The fourth-order valence-corrected chi connectivity index (χ4v) is 1.97. The van der Waals surface area contributed by atoms with Gasteiger partial charge in [0, 0.05) is 23.4 Å². The Morgan fingerprint density at radius 1 is 1.39 bits per heavy atom. The van der Waals surface area contributed by atoms with Crippen LogP contribution in [0.1, 0.15) is 12.5 Å². The van der Waals surface area contributed by atoms with E-state index < -0.39 is 12.0 Å². The Balaban J connectivity index is 2.88. The first-order valence-electron chi connectivity index (χ1n) is 5.23. The number of ether oxygens (including phenoxy) is 1. The molecule has 0 aliphatic rings. The highest BCUT2D eigenvalue weighted by molar-refractivity contribution is 6.35. The van der Waals surface area contributed by atoms with Gasteiger partial charge in [-0.05, 0) is 17.7 Å². The first-order chi connectivity index (χ1) is 8.43. The molecule has 0 radical (unpaired) electrons. The van der Waals surface area contributed by atoms with Crippen molar-refractivity contribution in [3.05, 3.63) is 33.8 Å². The molecule has 0 spiro atoms. The zero-order valence-corrected chi connectivity index (χ0v) is 11.5. The van der Waals surface area contributed by atoms with Crippen LogP contribution < -0.4 is 5.32 Å². The molecule has 0 aromatic heterocycles. The molecule has 4 nitrogen and oxygen atoms in total. The molecule has 0 aliphatic carbocycles. The van der Waals surface area contributed by atoms with Crippen LogP contribution in [0.15, 0.2) is 18.2 Å². The number of hydrogen-bond donors (Lipinski definition) is 1. The van der Waals surface area contributed by atoms with E-state index in [1.165, 1.54) is 14.0 Å². The Kier molecular flexibility index (Phi) is 5.44. The summed E-state index contributed by atoms with van der Waals surface area (Å²) in [7, 11) is 1.26. The summed E-state index contributed by atoms with van der Waals surface area (Å²) < 4.78 is 4.63. The summed E-state index contributed by atoms with van der Waals surface area (Å²) in [6.45, 7) is 1.33. The van der Waals surface area contributed by atoms with Crippen molar-refractivity contribution in [3.63, 3.8) is 0 Å². The molecule has 1 aromatic rings. The molecule has 0 aliphatic heterocycles. The van der Waals surface area contributed by atoms with Crippen molar-refractivity contribution in [3.8, 4) is 0 Å². The molecule has 0 saturated heterocycles. The molecule has 0 heterocycles. The number of amides is 1. The number of benzene rings is 1. The minimum Gasteiger partial charge on any atom is -0.467 e. The maximum Gasteiger partial charge on any atom is 0.328 e. The molecular formula is C12H13Cl2NO3. The molecule has 0 fully saturated rings. The van der Waals surface area contributed by atoms with Gasteiger partial charge in [-0.25, -0.2) is 4.79 Å². The van der Waals surface area contributed by atoms with E-state index in [4.69, 9.17) is 23.2 Å². The van der Waals surface area contributed by atoms with Crippen LogP contribution in [0.25, 0.3) is 0 Å². The van der Waals surface area contributed by atoms with Crippen molar-refractivity contribution in [2.45, 2.75) is 19.4 Å². The van der Waals surface area contributed by atoms with E-state index in [9.17, 15) is 9.59 Å². The summed E-state index contributed by atoms with van der Waals surface area (Å²) in [5, 5.41) is 3.47. The molecule has 1 N–H and O–H groups in total. The minimum absolute atomic E-state index is 0.252. The van der Waals surface area contributed by atoms with E-state index in [-0.39, 0.29) is 12.3 Å². The quantitative estimate of drug-likeness (QED) is 0.865. The van der Waals surface area contributed by atoms with Gasteiger partial charge in [-0.1, -0.05) is 29.3 Å². The number of halogens is 2. The van der Waals surface area contributed by atoms with Crippen molar-refractivity contribution in [2.75, 3.05) is 7.11 Å². The van der Waals surface area contributed by atoms with E-state index in [2.05, 4.69) is 10.1 Å². The zero-order valence-electron chi connectivity index (χ0n) is 10.00. The minimum atomic E-state index is -0.758. The first-order valence-corrected chi connectivity index (χ1v) is 5.98. The highest BCUT2D eigenvalue weighted by atomic mass is 35.5. The third-order valence-corrected chi connectivity index (χ3v) is 2.89. The van der Waals surface area contributed by atoms with Crippen molar-refractivity contribution in [1.29, 1.82) is 0 Å². The van der Waals surface area contributed by atoms with Gasteiger partial charge in [0.05, 0.1) is 7.11 Å². The van der Waals surface area contributed by atoms with Gasteiger partial charge in [-0.3, -0.25) is 4.79 Å². The number of nitrogens with one attached hydrogen (secondary N) is 1. The van der Waals surface area contributed by atoms with E-state index in [1.54, 1.807) is 18.2 Å². The molecule has 1 atom stereocenters. The molecule has 1 unspecified atom stereocenters. The van der Waals surface area contributed by atoms with Gasteiger partial charge in [0.15, 0.2) is 0 Å². The smallest absolute Gasteiger partial charge is 0.328 e. The van der Waals surface area contributed by atoms with E-state index >= 15 is 0 Å². The molecule has 1 amide bonds. The average molecular weight is 290 g/mol. The molecular weight excluding hydrogens is 277 g/mol. The lowest BCUT2D eigenvalue weighted by Crippen LogP contribution is -2.42. The monoisotopic (exact) mass is 289 g/mol. The second kappa shape index (κ2) is 6.61. The standard InChI is InChI=1S/C12H13Cl2NO3/c1-7(16)15-11(12(17)18-2)5-8-3-4-9(13)6-10(8)14/h3-4,6,11H,5H2,1-2H3,(H,15,16). The van der Waals surface area contributed by atoms with Crippen LogP contribution in [0.2, 0.25) is 10.0 Å². The lowest BCUT2D eigenvalue weighted by Gasteiger charge is -2.16. The predicted octanol–water partition coefficient (Wildman–Crippen LogP) is 2.21. The summed E-state index contributed by atoms with van der Waals surface area (Å²) in [5.41, 5.74) is 0.713. The van der Waals surface area contributed by atoms with Gasteiger partial charge in [0.2, 0.25) is 5.91 Å². The first kappa shape index (κ1) is 14.8. The largest absolute Gasteiger partial charge is 0.467 e. The van der Waals surface area contributed by atoms with Crippen LogP contribution in [0, 0.1) is 0 Å². The predicted molar refractivity (Wildman–Crippen MR) is 69.8 cm³/mol. The number of carbonyl (C=O) groups is 2. The summed E-state index contributed by atoms with van der Waals surface area (Å²) >= 11 is 11.8. The Morgan fingerprint density at radius 3 is 2.56 bits per heavy atom. The van der Waals surface area contributed by atoms with Gasteiger partial charge in [-0.15, -0.1) is 0 Å². The van der Waals surface area contributed by atoms with Crippen molar-refractivity contribution < 1.29 is 14.3 Å². The molecule has 0 bridgehead atoms. The summed E-state index contributed by atoms with van der Waals surface area (Å²) in [4.78, 5) is 22.6. The van der Waals surface area contributed by atoms with E-state index in [0.717, 1.165) is 0 Å². The normalized spacial score (nSPS) is 11.8. The van der Waals surface area contributed by atoms with Gasteiger partial charge in [0.25, 0.3) is 0 Å². The highest BCUT2D eigenvalue weighted by Crippen LogP contribution is 2.22. The van der Waals surface area contributed by atoms with Gasteiger partial charge < -0.3 is 10.1 Å². The van der Waals surface area contributed by atoms with Gasteiger partial charge in [0.1, 0.15) is 6.04 Å². The lowest BCUT2D eigenvalue weighted by molar-refractivity contribution is -0.144. The van der Waals surface area contributed by atoms with Crippen LogP contribution in [0.3, 0.4) is 0 Å². The van der Waals surface area contributed by atoms with E-state index in [0.29, 0.717) is 15.6 Å². The third-order valence-electron chi connectivity index (χ3n) is 2.30. The molecule has 1 rings (SSSR count). The Bertz CT molecular complexity index is 463. The maximum absolute atomic E-state index is 11.5. The summed E-state index contributed by atoms with van der Waals surface area (Å²) in [6.07, 6.45) is 0.252. The zero-order chi connectivity index (χ0) is 13.7. The second-order valence-corrected chi connectivity index (χ2v) is 4.56. The fourth-order valence-electron chi connectivity index (χ4n) is 1.49. The van der Waals surface area contributed by atoms with Crippen LogP contribution in [0.4, 0.5) is 0 Å². The number of esters is 1. The fraction of sp³-hybridized carbons (Fsp3) is 0.333. The number of hydrogen-bond acceptors (Lipinski definition) is 3. The highest BCUT2D eigenvalue weighted by Gasteiger charge is 2.21. The summed E-state index contributed by atoms with van der Waals surface area (Å²) in [6, 6.07) is 4.21. The van der Waals surface area contributed by atoms with Crippen LogP contribution in [-0.2, 0) is 20.7 Å². The second-order valence-electron chi connectivity index (χ2n) is 3.72. The third kappa shape index (κ3) is 4.20. The van der Waals surface area contributed by atoms with Crippen molar-refractivity contribution in [2.24, 2.45) is 0 Å². The topological polar surface area (TPSA) is 55.4 Å². The van der Waals surface area contributed by atoms with Crippen molar-refractivity contribution >= 4 is 35.1 Å². The molecule has 98 valence electrons. The average Bonchev–Trinajstić information content (AvgIpc) is 2.30. The van der Waals surface area contributed by atoms with Crippen molar-refractivity contribution in [1.82, 2.24) is 5.32 Å². The lowest BCUT2D eigenvalue weighted by atomic mass is 10.1. The number of rotatable bonds is 4. The van der Waals surface area contributed by atoms with Gasteiger partial charge in [-0.2, -0.15) is 0 Å². The van der Waals surface area contributed by atoms with Crippen LogP contribution in [-0.4, -0.2) is 25.0 Å². The molecule has 18 heavy (non-hydrogen) atoms. The SMILES string of the molecule is COC(=O)C(Cc1ccc(Cl)cc1Cl)NC(C)=O. The number of carbonyl (C=O) groups excluding carboxylic acids is 2. The summed E-state index contributed by atoms with van der Waals surface area (Å²) in [5.74, 6) is -0.827. The Morgan fingerprint density at radius 2 is 2.06 bits per heavy atom. The van der Waals surface area contributed by atoms with Gasteiger partial charge >= 0.3 is 5.97 Å². The van der Waals surface area contributed by atoms with E-state index in [1.807, 2.05) is 0 Å². The molecule has 6 heteroatoms. The maximum atomic E-state index is 11.5. The molecule has 0 saturated carbocycles.